The van der Waals surface area contributed by atoms with Crippen molar-refractivity contribution in [2.24, 2.45) is 0 Å². The number of aromatic nitrogens is 4. The lowest BCUT2D eigenvalue weighted by Gasteiger charge is -2.23. The smallest absolute Gasteiger partial charge is 0.267 e. The van der Waals surface area contributed by atoms with Crippen LogP contribution >= 0.6 is 11.8 Å². The second-order valence-electron chi connectivity index (χ2n) is 6.10. The standard InChI is InChI=1S/C16H19N5O2S/c1-10-4-15(18-9-17-10)19-13-6-23-7-14(13)21-16(22)5-11-8-24-3-2-12(11)20-21/h4-5,9,13-14H,2-3,6-8H2,1H3,(H,17,18,19). The van der Waals surface area contributed by atoms with Gasteiger partial charge >= 0.3 is 0 Å². The Balaban J connectivity index is 1.62. The van der Waals surface area contributed by atoms with Gasteiger partial charge in [-0.3, -0.25) is 4.79 Å². The zero-order valence-corrected chi connectivity index (χ0v) is 14.3. The van der Waals surface area contributed by atoms with Crippen molar-refractivity contribution in [2.75, 3.05) is 24.3 Å². The zero-order chi connectivity index (χ0) is 16.5. The molecule has 24 heavy (non-hydrogen) atoms. The Morgan fingerprint density at radius 2 is 2.25 bits per heavy atom. The molecule has 1 saturated heterocycles. The molecule has 2 aromatic heterocycles. The van der Waals surface area contributed by atoms with Gasteiger partial charge in [0, 0.05) is 30.0 Å². The van der Waals surface area contributed by atoms with E-state index < -0.39 is 0 Å². The van der Waals surface area contributed by atoms with Crippen LogP contribution in [0.3, 0.4) is 0 Å². The van der Waals surface area contributed by atoms with Crippen LogP contribution in [0.15, 0.2) is 23.3 Å². The number of aryl methyl sites for hydroxylation is 2. The summed E-state index contributed by atoms with van der Waals surface area (Å²) in [4.78, 5) is 20.9. The van der Waals surface area contributed by atoms with E-state index in [0.29, 0.717) is 13.2 Å². The van der Waals surface area contributed by atoms with E-state index in [0.717, 1.165) is 40.7 Å². The van der Waals surface area contributed by atoms with E-state index >= 15 is 0 Å². The predicted octanol–water partition coefficient (Wildman–Crippen LogP) is 1.18. The van der Waals surface area contributed by atoms with Gasteiger partial charge in [0.05, 0.1) is 24.9 Å². The van der Waals surface area contributed by atoms with Gasteiger partial charge in [-0.15, -0.1) is 0 Å². The van der Waals surface area contributed by atoms with Crippen LogP contribution in [-0.2, 0) is 16.9 Å². The summed E-state index contributed by atoms with van der Waals surface area (Å²) in [6.07, 6.45) is 2.44. The molecule has 0 aromatic carbocycles. The van der Waals surface area contributed by atoms with Crippen LogP contribution in [0.4, 0.5) is 5.82 Å². The lowest BCUT2D eigenvalue weighted by Crippen LogP contribution is -2.38. The van der Waals surface area contributed by atoms with Gasteiger partial charge in [0.15, 0.2) is 0 Å². The lowest BCUT2D eigenvalue weighted by atomic mass is 10.1. The molecule has 0 aliphatic carbocycles. The van der Waals surface area contributed by atoms with Gasteiger partial charge in [-0.05, 0) is 18.2 Å². The maximum atomic E-state index is 12.5. The van der Waals surface area contributed by atoms with Gasteiger partial charge in [-0.25, -0.2) is 14.6 Å². The SMILES string of the molecule is Cc1cc(NC2COCC2n2nc3c(cc2=O)CSCC3)ncn1. The largest absolute Gasteiger partial charge is 0.377 e. The first-order valence-corrected chi connectivity index (χ1v) is 9.18. The first-order valence-electron chi connectivity index (χ1n) is 8.03. The molecule has 2 aliphatic rings. The molecule has 0 spiro atoms. The second kappa shape index (κ2) is 6.52. The van der Waals surface area contributed by atoms with Crippen molar-refractivity contribution in [2.45, 2.75) is 31.2 Å². The summed E-state index contributed by atoms with van der Waals surface area (Å²) in [7, 11) is 0. The van der Waals surface area contributed by atoms with Crippen molar-refractivity contribution in [1.29, 1.82) is 0 Å². The number of nitrogens with one attached hydrogen (secondary N) is 1. The molecule has 0 saturated carbocycles. The minimum absolute atomic E-state index is 0.0412. The molecular formula is C16H19N5O2S. The van der Waals surface area contributed by atoms with E-state index in [9.17, 15) is 4.79 Å². The first-order chi connectivity index (χ1) is 11.7. The summed E-state index contributed by atoms with van der Waals surface area (Å²) >= 11 is 1.85. The number of thioether (sulfide) groups is 1. The van der Waals surface area contributed by atoms with E-state index in [1.54, 1.807) is 10.7 Å². The third-order valence-corrected chi connectivity index (χ3v) is 5.37. The number of anilines is 1. The van der Waals surface area contributed by atoms with Crippen molar-refractivity contribution in [3.63, 3.8) is 0 Å². The van der Waals surface area contributed by atoms with Crippen LogP contribution < -0.4 is 10.9 Å². The number of ether oxygens (including phenoxy) is 1. The molecule has 2 aromatic rings. The van der Waals surface area contributed by atoms with E-state index in [2.05, 4.69) is 20.4 Å². The Bertz CT molecular complexity index is 809. The van der Waals surface area contributed by atoms with Crippen molar-refractivity contribution in [1.82, 2.24) is 19.7 Å². The maximum Gasteiger partial charge on any atom is 0.267 e. The molecular weight excluding hydrogens is 326 g/mol. The van der Waals surface area contributed by atoms with Crippen LogP contribution in [-0.4, -0.2) is 44.8 Å². The maximum absolute atomic E-state index is 12.5. The monoisotopic (exact) mass is 345 g/mol. The van der Waals surface area contributed by atoms with Crippen LogP contribution in [0.25, 0.3) is 0 Å². The van der Waals surface area contributed by atoms with Gasteiger partial charge in [-0.1, -0.05) is 0 Å². The fraction of sp³-hybridized carbons (Fsp3) is 0.500. The highest BCUT2D eigenvalue weighted by Gasteiger charge is 2.32. The molecule has 2 unspecified atom stereocenters. The van der Waals surface area contributed by atoms with E-state index in [1.165, 1.54) is 6.33 Å². The topological polar surface area (TPSA) is 81.9 Å². The van der Waals surface area contributed by atoms with Gasteiger partial charge in [0.2, 0.25) is 0 Å². The number of nitrogens with zero attached hydrogens (tertiary/aromatic N) is 4. The molecule has 4 heterocycles. The molecule has 4 rings (SSSR count). The third kappa shape index (κ3) is 3.03. The fourth-order valence-corrected chi connectivity index (χ4v) is 4.06. The molecule has 1 fully saturated rings. The summed E-state index contributed by atoms with van der Waals surface area (Å²) in [6.45, 7) is 2.92. The average molecular weight is 345 g/mol. The molecule has 0 radical (unpaired) electrons. The number of rotatable bonds is 3. The fourth-order valence-electron chi connectivity index (χ4n) is 3.11. The minimum atomic E-state index is -0.132. The van der Waals surface area contributed by atoms with Crippen LogP contribution in [0.5, 0.6) is 0 Å². The average Bonchev–Trinajstić information content (AvgIpc) is 3.02. The Labute approximate surface area is 143 Å². The Morgan fingerprint density at radius 3 is 3.12 bits per heavy atom. The van der Waals surface area contributed by atoms with Crippen molar-refractivity contribution >= 4 is 17.6 Å². The summed E-state index contributed by atoms with van der Waals surface area (Å²) in [6, 6.07) is 3.45. The molecule has 1 N–H and O–H groups in total. The number of hydrogen-bond donors (Lipinski definition) is 1. The van der Waals surface area contributed by atoms with Crippen LogP contribution in [0, 0.1) is 6.92 Å². The molecule has 126 valence electrons. The molecule has 0 bridgehead atoms. The quantitative estimate of drug-likeness (QED) is 0.894. The number of hydrogen-bond acceptors (Lipinski definition) is 7. The summed E-state index contributed by atoms with van der Waals surface area (Å²) < 4.78 is 7.21. The third-order valence-electron chi connectivity index (χ3n) is 4.37. The second-order valence-corrected chi connectivity index (χ2v) is 7.21. The lowest BCUT2D eigenvalue weighted by molar-refractivity contribution is 0.182. The number of fused-ring (bicyclic) bond motifs is 1. The van der Waals surface area contributed by atoms with Gasteiger partial charge in [-0.2, -0.15) is 16.9 Å². The summed E-state index contributed by atoms with van der Waals surface area (Å²) in [5, 5.41) is 8.00. The molecule has 2 aliphatic heterocycles. The highest BCUT2D eigenvalue weighted by atomic mass is 32.2. The summed E-state index contributed by atoms with van der Waals surface area (Å²) in [5.74, 6) is 2.67. The van der Waals surface area contributed by atoms with Gasteiger partial charge in [0.1, 0.15) is 18.2 Å². The van der Waals surface area contributed by atoms with Crippen LogP contribution in [0.2, 0.25) is 0 Å². The molecule has 2 atom stereocenters. The Kier molecular flexibility index (Phi) is 4.24. The minimum Gasteiger partial charge on any atom is -0.377 e. The van der Waals surface area contributed by atoms with E-state index in [-0.39, 0.29) is 17.6 Å². The molecule has 0 amide bonds. The zero-order valence-electron chi connectivity index (χ0n) is 13.4. The summed E-state index contributed by atoms with van der Waals surface area (Å²) in [5.41, 5.74) is 2.95. The molecule has 7 nitrogen and oxygen atoms in total. The Hall–Kier alpha value is -1.93. The van der Waals surface area contributed by atoms with Crippen molar-refractivity contribution < 1.29 is 4.74 Å². The van der Waals surface area contributed by atoms with Crippen molar-refractivity contribution in [3.05, 3.63) is 45.8 Å². The normalized spacial score (nSPS) is 23.0. The van der Waals surface area contributed by atoms with Crippen molar-refractivity contribution in [3.8, 4) is 0 Å². The van der Waals surface area contributed by atoms with Gasteiger partial charge in [0.25, 0.3) is 5.56 Å². The first kappa shape index (κ1) is 15.6. The van der Waals surface area contributed by atoms with Gasteiger partial charge < -0.3 is 10.1 Å². The highest BCUT2D eigenvalue weighted by Crippen LogP contribution is 2.24. The van der Waals surface area contributed by atoms with E-state index in [1.807, 2.05) is 24.8 Å². The highest BCUT2D eigenvalue weighted by molar-refractivity contribution is 7.98. The Morgan fingerprint density at radius 1 is 1.33 bits per heavy atom. The predicted molar refractivity (Wildman–Crippen MR) is 92.4 cm³/mol. The van der Waals surface area contributed by atoms with Crippen LogP contribution in [0.1, 0.15) is 23.0 Å². The van der Waals surface area contributed by atoms with E-state index in [4.69, 9.17) is 4.74 Å². The molecule has 8 heteroatoms.